The zero-order valence-corrected chi connectivity index (χ0v) is 14.6. The Morgan fingerprint density at radius 3 is 2.43 bits per heavy atom. The number of amides is 3. The molecule has 0 radical (unpaired) electrons. The highest BCUT2D eigenvalue weighted by atomic mass is 16.2. The molecule has 3 rings (SSSR count). The maximum atomic E-state index is 12.3. The van der Waals surface area contributed by atoms with Gasteiger partial charge >= 0.3 is 6.03 Å². The first-order chi connectivity index (χ1) is 11.0. The normalized spacial score (nSPS) is 23.5. The SMILES string of the molecule is CC(C)(CCNC(=O)N1CCC(N2CCCC2=O)CC1)C1CC1. The van der Waals surface area contributed by atoms with Gasteiger partial charge in [0.15, 0.2) is 0 Å². The van der Waals surface area contributed by atoms with Gasteiger partial charge in [-0.25, -0.2) is 4.79 Å². The second-order valence-electron chi connectivity index (χ2n) is 8.15. The van der Waals surface area contributed by atoms with Crippen molar-refractivity contribution in [1.82, 2.24) is 15.1 Å². The molecule has 2 saturated heterocycles. The Balaban J connectivity index is 1.37. The Morgan fingerprint density at radius 2 is 1.87 bits per heavy atom. The van der Waals surface area contributed by atoms with Crippen LogP contribution in [0.3, 0.4) is 0 Å². The van der Waals surface area contributed by atoms with Gasteiger partial charge in [0.25, 0.3) is 0 Å². The van der Waals surface area contributed by atoms with Crippen molar-refractivity contribution in [3.63, 3.8) is 0 Å². The molecule has 23 heavy (non-hydrogen) atoms. The largest absolute Gasteiger partial charge is 0.340 e. The lowest BCUT2D eigenvalue weighted by molar-refractivity contribution is -0.130. The van der Waals surface area contributed by atoms with Crippen LogP contribution < -0.4 is 5.32 Å². The molecule has 0 aromatic carbocycles. The third-order valence-corrected chi connectivity index (χ3v) is 6.03. The average Bonchev–Trinajstić information content (AvgIpc) is 3.30. The average molecular weight is 321 g/mol. The zero-order chi connectivity index (χ0) is 16.4. The summed E-state index contributed by atoms with van der Waals surface area (Å²) in [7, 11) is 0. The lowest BCUT2D eigenvalue weighted by Crippen LogP contribution is -2.50. The van der Waals surface area contributed by atoms with E-state index in [0.29, 0.717) is 23.8 Å². The highest BCUT2D eigenvalue weighted by molar-refractivity contribution is 5.78. The number of nitrogens with zero attached hydrogens (tertiary/aromatic N) is 2. The van der Waals surface area contributed by atoms with E-state index in [0.717, 1.165) is 57.8 Å². The Kier molecular flexibility index (Phi) is 4.83. The third kappa shape index (κ3) is 3.99. The number of rotatable bonds is 5. The molecule has 2 heterocycles. The summed E-state index contributed by atoms with van der Waals surface area (Å²) in [5.41, 5.74) is 0.358. The van der Waals surface area contributed by atoms with Crippen LogP contribution in [0.1, 0.15) is 58.8 Å². The first-order valence-electron chi connectivity index (χ1n) is 9.29. The van der Waals surface area contributed by atoms with Crippen LogP contribution in [-0.2, 0) is 4.79 Å². The minimum absolute atomic E-state index is 0.0720. The molecular formula is C18H31N3O2. The molecule has 3 aliphatic rings. The number of nitrogens with one attached hydrogen (secondary N) is 1. The van der Waals surface area contributed by atoms with Crippen LogP contribution in [0, 0.1) is 11.3 Å². The van der Waals surface area contributed by atoms with E-state index in [1.807, 2.05) is 9.80 Å². The van der Waals surface area contributed by atoms with Gasteiger partial charge in [-0.2, -0.15) is 0 Å². The lowest BCUT2D eigenvalue weighted by atomic mass is 9.84. The molecule has 5 nitrogen and oxygen atoms in total. The van der Waals surface area contributed by atoms with Gasteiger partial charge in [0, 0.05) is 38.6 Å². The molecule has 0 spiro atoms. The maximum absolute atomic E-state index is 12.3. The highest BCUT2D eigenvalue weighted by Crippen LogP contribution is 2.46. The molecule has 1 saturated carbocycles. The summed E-state index contributed by atoms with van der Waals surface area (Å²) in [4.78, 5) is 28.1. The summed E-state index contributed by atoms with van der Waals surface area (Å²) >= 11 is 0. The van der Waals surface area contributed by atoms with Crippen molar-refractivity contribution < 1.29 is 9.59 Å². The predicted octanol–water partition coefficient (Wildman–Crippen LogP) is 2.61. The third-order valence-electron chi connectivity index (χ3n) is 6.03. The van der Waals surface area contributed by atoms with Gasteiger partial charge in [-0.15, -0.1) is 0 Å². The summed E-state index contributed by atoms with van der Waals surface area (Å²) < 4.78 is 0. The molecule has 0 aromatic rings. The van der Waals surface area contributed by atoms with Crippen molar-refractivity contribution >= 4 is 11.9 Å². The van der Waals surface area contributed by atoms with E-state index in [9.17, 15) is 9.59 Å². The minimum Gasteiger partial charge on any atom is -0.340 e. The molecule has 2 aliphatic heterocycles. The first-order valence-corrected chi connectivity index (χ1v) is 9.29. The number of carbonyl (C=O) groups excluding carboxylic acids is 2. The topological polar surface area (TPSA) is 52.7 Å². The van der Waals surface area contributed by atoms with Gasteiger partial charge in [-0.1, -0.05) is 13.8 Å². The summed E-state index contributed by atoms with van der Waals surface area (Å²) in [6, 6.07) is 0.422. The Hall–Kier alpha value is -1.26. The summed E-state index contributed by atoms with van der Waals surface area (Å²) in [5, 5.41) is 3.09. The smallest absolute Gasteiger partial charge is 0.317 e. The Bertz CT molecular complexity index is 451. The Morgan fingerprint density at radius 1 is 1.17 bits per heavy atom. The highest BCUT2D eigenvalue weighted by Gasteiger charge is 2.37. The van der Waals surface area contributed by atoms with E-state index in [2.05, 4.69) is 19.2 Å². The summed E-state index contributed by atoms with van der Waals surface area (Å²) in [6.45, 7) is 7.85. The molecule has 1 N–H and O–H groups in total. The number of hydrogen-bond acceptors (Lipinski definition) is 2. The fourth-order valence-corrected chi connectivity index (χ4v) is 4.11. The van der Waals surface area contributed by atoms with Gasteiger partial charge < -0.3 is 15.1 Å². The number of piperidine rings is 1. The van der Waals surface area contributed by atoms with Crippen molar-refractivity contribution in [3.8, 4) is 0 Å². The zero-order valence-electron chi connectivity index (χ0n) is 14.6. The van der Waals surface area contributed by atoms with Crippen LogP contribution in [0.4, 0.5) is 4.79 Å². The number of hydrogen-bond donors (Lipinski definition) is 1. The molecule has 5 heteroatoms. The second kappa shape index (κ2) is 6.70. The van der Waals surface area contributed by atoms with Crippen molar-refractivity contribution in [2.24, 2.45) is 11.3 Å². The number of carbonyl (C=O) groups is 2. The van der Waals surface area contributed by atoms with E-state index in [1.165, 1.54) is 12.8 Å². The predicted molar refractivity (Wildman–Crippen MR) is 90.1 cm³/mol. The van der Waals surface area contributed by atoms with Crippen molar-refractivity contribution in [3.05, 3.63) is 0 Å². The fraction of sp³-hybridized carbons (Fsp3) is 0.889. The minimum atomic E-state index is 0.0720. The fourth-order valence-electron chi connectivity index (χ4n) is 4.11. The van der Waals surface area contributed by atoms with E-state index in [1.54, 1.807) is 0 Å². The summed E-state index contributed by atoms with van der Waals surface area (Å²) in [6.07, 6.45) is 7.31. The molecular weight excluding hydrogens is 290 g/mol. The van der Waals surface area contributed by atoms with Crippen molar-refractivity contribution in [1.29, 1.82) is 0 Å². The molecule has 0 bridgehead atoms. The van der Waals surface area contributed by atoms with E-state index in [-0.39, 0.29) is 6.03 Å². The van der Waals surface area contributed by atoms with Crippen LogP contribution in [0.5, 0.6) is 0 Å². The van der Waals surface area contributed by atoms with Gasteiger partial charge in [-0.05, 0) is 49.9 Å². The standard InChI is InChI=1S/C18H31N3O2/c1-18(2,14-5-6-14)9-10-19-17(23)20-12-7-15(8-13-20)21-11-3-4-16(21)22/h14-15H,3-13H2,1-2H3,(H,19,23). The quantitative estimate of drug-likeness (QED) is 0.846. The lowest BCUT2D eigenvalue weighted by Gasteiger charge is -2.36. The van der Waals surface area contributed by atoms with Gasteiger partial charge in [0.2, 0.25) is 5.91 Å². The number of likely N-dealkylation sites (tertiary alicyclic amines) is 2. The maximum Gasteiger partial charge on any atom is 0.317 e. The number of urea groups is 1. The molecule has 3 amide bonds. The monoisotopic (exact) mass is 321 g/mol. The Labute approximate surface area is 139 Å². The van der Waals surface area contributed by atoms with Gasteiger partial charge in [0.1, 0.15) is 0 Å². The van der Waals surface area contributed by atoms with Crippen LogP contribution >= 0.6 is 0 Å². The van der Waals surface area contributed by atoms with Gasteiger partial charge in [-0.3, -0.25) is 4.79 Å². The molecule has 0 unspecified atom stereocenters. The van der Waals surface area contributed by atoms with Crippen LogP contribution in [0.15, 0.2) is 0 Å². The van der Waals surface area contributed by atoms with E-state index in [4.69, 9.17) is 0 Å². The molecule has 1 aliphatic carbocycles. The van der Waals surface area contributed by atoms with Crippen LogP contribution in [0.2, 0.25) is 0 Å². The van der Waals surface area contributed by atoms with Crippen LogP contribution in [-0.4, -0.2) is 54.0 Å². The molecule has 3 fully saturated rings. The van der Waals surface area contributed by atoms with E-state index >= 15 is 0 Å². The molecule has 0 atom stereocenters. The summed E-state index contributed by atoms with van der Waals surface area (Å²) in [5.74, 6) is 1.16. The molecule has 130 valence electrons. The van der Waals surface area contributed by atoms with Crippen molar-refractivity contribution in [2.75, 3.05) is 26.2 Å². The van der Waals surface area contributed by atoms with E-state index < -0.39 is 0 Å². The first kappa shape index (κ1) is 16.6. The van der Waals surface area contributed by atoms with Gasteiger partial charge in [0.05, 0.1) is 0 Å². The van der Waals surface area contributed by atoms with Crippen molar-refractivity contribution in [2.45, 2.75) is 64.8 Å². The van der Waals surface area contributed by atoms with Crippen LogP contribution in [0.25, 0.3) is 0 Å². The molecule has 0 aromatic heterocycles. The second-order valence-corrected chi connectivity index (χ2v) is 8.15.